The van der Waals surface area contributed by atoms with Crippen LogP contribution in [-0.2, 0) is 9.53 Å². The van der Waals surface area contributed by atoms with E-state index in [0.717, 1.165) is 0 Å². The fourth-order valence-electron chi connectivity index (χ4n) is 1.41. The first-order valence-corrected chi connectivity index (χ1v) is 4.61. The standard InChI is InChI=1S/C9H12F3NO3/c1-4-5(2)16-7(14)3-6(4)13-8(15)9(10,11)12/h5-7,14H,1,3H2,2H3,(H,13,15)/t5-,6-,7+/m0/s1. The number of rotatable bonds is 1. The number of alkyl halides is 3. The van der Waals surface area contributed by atoms with Gasteiger partial charge in [0.05, 0.1) is 12.1 Å². The minimum Gasteiger partial charge on any atom is -0.368 e. The van der Waals surface area contributed by atoms with Crippen molar-refractivity contribution in [3.05, 3.63) is 12.2 Å². The molecule has 1 amide bonds. The molecule has 0 aromatic heterocycles. The molecule has 0 aliphatic carbocycles. The maximum absolute atomic E-state index is 12.0. The number of carbonyl (C=O) groups is 1. The molecule has 0 aromatic carbocycles. The number of carbonyl (C=O) groups excluding carboxylic acids is 1. The zero-order chi connectivity index (χ0) is 12.5. The van der Waals surface area contributed by atoms with Crippen molar-refractivity contribution in [1.82, 2.24) is 5.32 Å². The molecule has 1 heterocycles. The second-order valence-corrected chi connectivity index (χ2v) is 3.57. The molecule has 0 radical (unpaired) electrons. The van der Waals surface area contributed by atoms with Gasteiger partial charge in [-0.2, -0.15) is 13.2 Å². The lowest BCUT2D eigenvalue weighted by atomic mass is 9.97. The van der Waals surface area contributed by atoms with Crippen molar-refractivity contribution in [1.29, 1.82) is 0 Å². The quantitative estimate of drug-likeness (QED) is 0.663. The molecule has 0 saturated carbocycles. The maximum Gasteiger partial charge on any atom is 0.471 e. The van der Waals surface area contributed by atoms with E-state index in [2.05, 4.69) is 6.58 Å². The molecule has 92 valence electrons. The smallest absolute Gasteiger partial charge is 0.368 e. The highest BCUT2D eigenvalue weighted by atomic mass is 19.4. The Bertz CT molecular complexity index is 301. The number of amides is 1. The second kappa shape index (κ2) is 4.42. The Hall–Kier alpha value is -1.08. The molecule has 4 nitrogen and oxygen atoms in total. The van der Waals surface area contributed by atoms with Crippen LogP contribution in [0.4, 0.5) is 13.2 Å². The van der Waals surface area contributed by atoms with Crippen molar-refractivity contribution in [3.8, 4) is 0 Å². The predicted octanol–water partition coefficient (Wildman–Crippen LogP) is 0.717. The summed E-state index contributed by atoms with van der Waals surface area (Å²) in [4.78, 5) is 10.7. The van der Waals surface area contributed by atoms with E-state index in [4.69, 9.17) is 4.74 Å². The van der Waals surface area contributed by atoms with Crippen molar-refractivity contribution in [2.24, 2.45) is 0 Å². The van der Waals surface area contributed by atoms with Crippen LogP contribution >= 0.6 is 0 Å². The summed E-state index contributed by atoms with van der Waals surface area (Å²) >= 11 is 0. The van der Waals surface area contributed by atoms with E-state index in [-0.39, 0.29) is 6.42 Å². The van der Waals surface area contributed by atoms with Crippen LogP contribution in [-0.4, -0.2) is 35.6 Å². The fraction of sp³-hybridized carbons (Fsp3) is 0.667. The van der Waals surface area contributed by atoms with Crippen molar-refractivity contribution in [2.45, 2.75) is 38.0 Å². The van der Waals surface area contributed by atoms with E-state index < -0.39 is 30.5 Å². The van der Waals surface area contributed by atoms with Crippen LogP contribution in [0, 0.1) is 0 Å². The molecule has 1 aliphatic rings. The summed E-state index contributed by atoms with van der Waals surface area (Å²) in [6, 6.07) is -0.923. The van der Waals surface area contributed by atoms with Crippen LogP contribution < -0.4 is 5.32 Å². The molecule has 1 saturated heterocycles. The highest BCUT2D eigenvalue weighted by molar-refractivity contribution is 5.82. The van der Waals surface area contributed by atoms with Crippen LogP contribution in [0.2, 0.25) is 0 Å². The van der Waals surface area contributed by atoms with Gasteiger partial charge in [0.1, 0.15) is 0 Å². The molecular weight excluding hydrogens is 227 g/mol. The van der Waals surface area contributed by atoms with E-state index in [0.29, 0.717) is 5.57 Å². The lowest BCUT2D eigenvalue weighted by Gasteiger charge is -2.33. The molecule has 1 aliphatic heterocycles. The fourth-order valence-corrected chi connectivity index (χ4v) is 1.41. The summed E-state index contributed by atoms with van der Waals surface area (Å²) < 4.78 is 40.9. The molecule has 7 heteroatoms. The lowest BCUT2D eigenvalue weighted by Crippen LogP contribution is -2.50. The lowest BCUT2D eigenvalue weighted by molar-refractivity contribution is -0.177. The van der Waals surface area contributed by atoms with Gasteiger partial charge in [-0.3, -0.25) is 4.79 Å². The summed E-state index contributed by atoms with van der Waals surface area (Å²) in [5.41, 5.74) is 0.308. The van der Waals surface area contributed by atoms with Gasteiger partial charge < -0.3 is 15.2 Å². The molecule has 1 rings (SSSR count). The normalized spacial score (nSPS) is 31.3. The summed E-state index contributed by atoms with van der Waals surface area (Å²) in [6.45, 7) is 5.07. The average Bonchev–Trinajstić information content (AvgIpc) is 2.11. The van der Waals surface area contributed by atoms with Gasteiger partial charge in [-0.05, 0) is 12.5 Å². The molecule has 0 unspecified atom stereocenters. The van der Waals surface area contributed by atoms with E-state index in [1.165, 1.54) is 6.92 Å². The number of nitrogens with one attached hydrogen (secondary N) is 1. The number of ether oxygens (including phenoxy) is 1. The monoisotopic (exact) mass is 239 g/mol. The number of hydrogen-bond acceptors (Lipinski definition) is 3. The first-order valence-electron chi connectivity index (χ1n) is 4.61. The van der Waals surface area contributed by atoms with Gasteiger partial charge >= 0.3 is 12.1 Å². The van der Waals surface area contributed by atoms with Crippen molar-refractivity contribution >= 4 is 5.91 Å². The van der Waals surface area contributed by atoms with Crippen molar-refractivity contribution < 1.29 is 27.8 Å². The van der Waals surface area contributed by atoms with Crippen molar-refractivity contribution in [3.63, 3.8) is 0 Å². The molecular formula is C9H12F3NO3. The van der Waals surface area contributed by atoms with Gasteiger partial charge in [0.25, 0.3) is 0 Å². The highest BCUT2D eigenvalue weighted by Gasteiger charge is 2.41. The average molecular weight is 239 g/mol. The van der Waals surface area contributed by atoms with Gasteiger partial charge in [-0.15, -0.1) is 0 Å². The summed E-state index contributed by atoms with van der Waals surface area (Å²) in [5, 5.41) is 11.0. The molecule has 16 heavy (non-hydrogen) atoms. The SMILES string of the molecule is C=C1[C@@H](NC(=O)C(F)(F)F)C[C@H](O)O[C@H]1C. The second-order valence-electron chi connectivity index (χ2n) is 3.57. The summed E-state index contributed by atoms with van der Waals surface area (Å²) in [7, 11) is 0. The van der Waals surface area contributed by atoms with Crippen LogP contribution in [0.25, 0.3) is 0 Å². The summed E-state index contributed by atoms with van der Waals surface area (Å²) in [6.07, 6.45) is -6.86. The third kappa shape index (κ3) is 2.96. The molecule has 2 N–H and O–H groups in total. The zero-order valence-corrected chi connectivity index (χ0v) is 8.54. The minimum absolute atomic E-state index is 0.134. The first-order chi connectivity index (χ1) is 7.21. The van der Waals surface area contributed by atoms with Crippen molar-refractivity contribution in [2.75, 3.05) is 0 Å². The van der Waals surface area contributed by atoms with Gasteiger partial charge in [-0.25, -0.2) is 0 Å². The van der Waals surface area contributed by atoms with E-state index in [1.807, 2.05) is 0 Å². The van der Waals surface area contributed by atoms with Crippen LogP contribution in [0.3, 0.4) is 0 Å². The third-order valence-corrected chi connectivity index (χ3v) is 2.33. The number of halogens is 3. The maximum atomic E-state index is 12.0. The largest absolute Gasteiger partial charge is 0.471 e. The highest BCUT2D eigenvalue weighted by Crippen LogP contribution is 2.24. The molecule has 1 fully saturated rings. The van der Waals surface area contributed by atoms with Crippen LogP contribution in [0.15, 0.2) is 12.2 Å². The molecule has 0 spiro atoms. The number of aliphatic hydroxyl groups excluding tert-OH is 1. The van der Waals surface area contributed by atoms with Crippen LogP contribution in [0.5, 0.6) is 0 Å². The predicted molar refractivity (Wildman–Crippen MR) is 48.3 cm³/mol. The van der Waals surface area contributed by atoms with Gasteiger partial charge in [0.2, 0.25) is 0 Å². The van der Waals surface area contributed by atoms with Gasteiger partial charge in [0, 0.05) is 6.42 Å². The third-order valence-electron chi connectivity index (χ3n) is 2.33. The Kier molecular flexibility index (Phi) is 3.59. The Morgan fingerprint density at radius 2 is 2.19 bits per heavy atom. The van der Waals surface area contributed by atoms with E-state index in [9.17, 15) is 23.1 Å². The Morgan fingerprint density at radius 3 is 2.69 bits per heavy atom. The number of aliphatic hydroxyl groups is 1. The summed E-state index contributed by atoms with van der Waals surface area (Å²) in [5.74, 6) is -2.04. The van der Waals surface area contributed by atoms with Crippen LogP contribution in [0.1, 0.15) is 13.3 Å². The Morgan fingerprint density at radius 1 is 1.62 bits per heavy atom. The first kappa shape index (κ1) is 13.0. The van der Waals surface area contributed by atoms with E-state index in [1.54, 1.807) is 5.32 Å². The van der Waals surface area contributed by atoms with Gasteiger partial charge in [-0.1, -0.05) is 6.58 Å². The minimum atomic E-state index is -4.94. The Balaban J connectivity index is 2.66. The zero-order valence-electron chi connectivity index (χ0n) is 8.54. The topological polar surface area (TPSA) is 58.6 Å². The molecule has 3 atom stereocenters. The molecule has 0 aromatic rings. The number of hydrogen-bond donors (Lipinski definition) is 2. The Labute approximate surface area is 90.1 Å². The van der Waals surface area contributed by atoms with Gasteiger partial charge in [0.15, 0.2) is 6.29 Å². The van der Waals surface area contributed by atoms with E-state index >= 15 is 0 Å². The molecule has 0 bridgehead atoms.